The molecule has 1 heterocycles. The van der Waals surface area contributed by atoms with E-state index in [-0.39, 0.29) is 18.0 Å². The van der Waals surface area contributed by atoms with Gasteiger partial charge in [0, 0.05) is 11.3 Å². The minimum atomic E-state index is -0.559. The van der Waals surface area contributed by atoms with E-state index < -0.39 is 17.6 Å². The van der Waals surface area contributed by atoms with E-state index in [1.54, 1.807) is 6.07 Å². The van der Waals surface area contributed by atoms with Crippen molar-refractivity contribution in [1.82, 2.24) is 14.8 Å². The van der Waals surface area contributed by atoms with E-state index in [4.69, 9.17) is 10.5 Å². The predicted octanol–water partition coefficient (Wildman–Crippen LogP) is 1.52. The molecule has 8 nitrogen and oxygen atoms in total. The van der Waals surface area contributed by atoms with Gasteiger partial charge in [0.25, 0.3) is 5.91 Å². The van der Waals surface area contributed by atoms with Gasteiger partial charge in [-0.2, -0.15) is 5.10 Å². The Morgan fingerprint density at radius 2 is 1.96 bits per heavy atom. The number of carbonyl (C=O) groups is 2. The molecule has 1 aromatic heterocycles. The molecule has 9 heteroatoms. The normalized spacial score (nSPS) is 10.3. The lowest BCUT2D eigenvalue weighted by Gasteiger charge is -2.09. The van der Waals surface area contributed by atoms with Crippen molar-refractivity contribution < 1.29 is 18.7 Å². The molecule has 0 saturated carbocycles. The van der Waals surface area contributed by atoms with Gasteiger partial charge >= 0.3 is 0 Å². The minimum Gasteiger partial charge on any atom is -0.484 e. The standard InChI is InChI=1S/C17H14FN5O3/c18-14-7-12(3-6-15(14)23-10-20-9-21-23)22-16(24)8-26-13-4-1-11(2-5-13)17(19)25/h1-7,9-10H,8H2,(H2,19,25)(H,22,24). The third-order valence-electron chi connectivity index (χ3n) is 3.41. The fourth-order valence-corrected chi connectivity index (χ4v) is 2.16. The summed E-state index contributed by atoms with van der Waals surface area (Å²) >= 11 is 0. The van der Waals surface area contributed by atoms with Gasteiger partial charge in [0.05, 0.1) is 0 Å². The Balaban J connectivity index is 1.58. The summed E-state index contributed by atoms with van der Waals surface area (Å²) in [4.78, 5) is 26.7. The second kappa shape index (κ2) is 7.43. The van der Waals surface area contributed by atoms with Gasteiger partial charge in [0.15, 0.2) is 12.4 Å². The third-order valence-corrected chi connectivity index (χ3v) is 3.41. The van der Waals surface area contributed by atoms with Crippen molar-refractivity contribution in [2.45, 2.75) is 0 Å². The highest BCUT2D eigenvalue weighted by Crippen LogP contribution is 2.17. The minimum absolute atomic E-state index is 0.214. The average molecular weight is 355 g/mol. The molecule has 0 unspecified atom stereocenters. The van der Waals surface area contributed by atoms with Crippen molar-refractivity contribution in [2.75, 3.05) is 11.9 Å². The number of aromatic nitrogens is 3. The first-order valence-electron chi connectivity index (χ1n) is 7.50. The second-order valence-electron chi connectivity index (χ2n) is 5.23. The number of nitrogens with one attached hydrogen (secondary N) is 1. The van der Waals surface area contributed by atoms with Gasteiger partial charge in [0.1, 0.15) is 24.1 Å². The molecule has 0 bridgehead atoms. The maximum Gasteiger partial charge on any atom is 0.262 e. The molecule has 26 heavy (non-hydrogen) atoms. The number of anilines is 1. The first kappa shape index (κ1) is 17.1. The zero-order valence-electron chi connectivity index (χ0n) is 13.4. The van der Waals surface area contributed by atoms with Gasteiger partial charge in [-0.1, -0.05) is 0 Å². The van der Waals surface area contributed by atoms with Crippen molar-refractivity contribution in [3.8, 4) is 11.4 Å². The summed E-state index contributed by atoms with van der Waals surface area (Å²) in [5.41, 5.74) is 5.98. The summed E-state index contributed by atoms with van der Waals surface area (Å²) in [6.45, 7) is -0.275. The highest BCUT2D eigenvalue weighted by molar-refractivity contribution is 5.93. The Morgan fingerprint density at radius 3 is 2.58 bits per heavy atom. The molecule has 0 aliphatic heterocycles. The van der Waals surface area contributed by atoms with Crippen molar-refractivity contribution in [1.29, 1.82) is 0 Å². The van der Waals surface area contributed by atoms with Gasteiger partial charge in [-0.25, -0.2) is 14.1 Å². The molecule has 0 saturated heterocycles. The van der Waals surface area contributed by atoms with Crippen molar-refractivity contribution in [2.24, 2.45) is 5.73 Å². The second-order valence-corrected chi connectivity index (χ2v) is 5.23. The van der Waals surface area contributed by atoms with E-state index in [1.807, 2.05) is 0 Å². The topological polar surface area (TPSA) is 112 Å². The summed E-state index contributed by atoms with van der Waals surface area (Å²) in [7, 11) is 0. The Labute approximate surface area is 147 Å². The van der Waals surface area contributed by atoms with E-state index in [2.05, 4.69) is 15.4 Å². The van der Waals surface area contributed by atoms with Crippen LogP contribution < -0.4 is 15.8 Å². The number of ether oxygens (including phenoxy) is 1. The molecule has 2 amide bonds. The van der Waals surface area contributed by atoms with Crippen LogP contribution in [0.4, 0.5) is 10.1 Å². The maximum atomic E-state index is 14.1. The molecule has 0 radical (unpaired) electrons. The molecule has 132 valence electrons. The number of nitrogens with two attached hydrogens (primary N) is 1. The number of hydrogen-bond donors (Lipinski definition) is 2. The largest absolute Gasteiger partial charge is 0.484 e. The summed E-state index contributed by atoms with van der Waals surface area (Å²) < 4.78 is 20.7. The summed E-state index contributed by atoms with van der Waals surface area (Å²) in [6.07, 6.45) is 2.66. The molecule has 2 aromatic carbocycles. The van der Waals surface area contributed by atoms with Crippen LogP contribution in [-0.4, -0.2) is 33.2 Å². The van der Waals surface area contributed by atoms with Gasteiger partial charge in [-0.3, -0.25) is 9.59 Å². The van der Waals surface area contributed by atoms with Crippen LogP contribution in [0.1, 0.15) is 10.4 Å². The lowest BCUT2D eigenvalue weighted by Crippen LogP contribution is -2.20. The summed E-state index contributed by atoms with van der Waals surface area (Å²) in [6, 6.07) is 10.2. The highest BCUT2D eigenvalue weighted by atomic mass is 19.1. The highest BCUT2D eigenvalue weighted by Gasteiger charge is 2.09. The molecule has 3 N–H and O–H groups in total. The molecule has 0 atom stereocenters. The van der Waals surface area contributed by atoms with E-state index >= 15 is 0 Å². The molecule has 0 spiro atoms. The van der Waals surface area contributed by atoms with Crippen molar-refractivity contribution in [3.05, 3.63) is 66.5 Å². The number of benzene rings is 2. The van der Waals surface area contributed by atoms with Gasteiger partial charge in [0.2, 0.25) is 5.91 Å². The fraction of sp³-hybridized carbons (Fsp3) is 0.0588. The van der Waals surface area contributed by atoms with Gasteiger partial charge < -0.3 is 15.8 Å². The molecule has 0 fully saturated rings. The number of primary amides is 1. The monoisotopic (exact) mass is 355 g/mol. The number of carbonyl (C=O) groups excluding carboxylic acids is 2. The van der Waals surface area contributed by atoms with Crippen LogP contribution in [-0.2, 0) is 4.79 Å². The van der Waals surface area contributed by atoms with Crippen LogP contribution in [0.2, 0.25) is 0 Å². The summed E-state index contributed by atoms with van der Waals surface area (Å²) in [5, 5.41) is 6.38. The number of rotatable bonds is 6. The van der Waals surface area contributed by atoms with Gasteiger partial charge in [-0.15, -0.1) is 0 Å². The smallest absolute Gasteiger partial charge is 0.262 e. The quantitative estimate of drug-likeness (QED) is 0.696. The SMILES string of the molecule is NC(=O)c1ccc(OCC(=O)Nc2ccc(-n3cncn3)c(F)c2)cc1. The first-order chi connectivity index (χ1) is 12.5. The third kappa shape index (κ3) is 4.01. The Bertz CT molecular complexity index is 926. The predicted molar refractivity (Wildman–Crippen MR) is 90.4 cm³/mol. The molecular weight excluding hydrogens is 341 g/mol. The number of halogens is 1. The van der Waals surface area contributed by atoms with Crippen LogP contribution >= 0.6 is 0 Å². The van der Waals surface area contributed by atoms with Crippen LogP contribution in [0.25, 0.3) is 5.69 Å². The van der Waals surface area contributed by atoms with Gasteiger partial charge in [-0.05, 0) is 42.5 Å². The maximum absolute atomic E-state index is 14.1. The zero-order chi connectivity index (χ0) is 18.5. The Hall–Kier alpha value is -3.75. The van der Waals surface area contributed by atoms with E-state index in [0.717, 1.165) is 0 Å². The van der Waals surface area contributed by atoms with Crippen molar-refractivity contribution in [3.63, 3.8) is 0 Å². The number of amides is 2. The average Bonchev–Trinajstić information content (AvgIpc) is 3.15. The molecule has 3 aromatic rings. The number of nitrogens with zero attached hydrogens (tertiary/aromatic N) is 3. The Kier molecular flexibility index (Phi) is 4.88. The lowest BCUT2D eigenvalue weighted by atomic mass is 10.2. The van der Waals surface area contributed by atoms with Crippen LogP contribution in [0.5, 0.6) is 5.75 Å². The summed E-state index contributed by atoms with van der Waals surface area (Å²) in [5.74, 6) is -1.17. The van der Waals surface area contributed by atoms with E-state index in [1.165, 1.54) is 53.7 Å². The lowest BCUT2D eigenvalue weighted by molar-refractivity contribution is -0.118. The van der Waals surface area contributed by atoms with Crippen LogP contribution in [0, 0.1) is 5.82 Å². The first-order valence-corrected chi connectivity index (χ1v) is 7.50. The van der Waals surface area contributed by atoms with Crippen LogP contribution in [0.3, 0.4) is 0 Å². The molecule has 3 rings (SSSR count). The fourth-order valence-electron chi connectivity index (χ4n) is 2.16. The van der Waals surface area contributed by atoms with E-state index in [0.29, 0.717) is 11.3 Å². The molecule has 0 aliphatic carbocycles. The molecular formula is C17H14FN5O3. The van der Waals surface area contributed by atoms with E-state index in [9.17, 15) is 14.0 Å². The zero-order valence-corrected chi connectivity index (χ0v) is 13.4. The van der Waals surface area contributed by atoms with Crippen molar-refractivity contribution >= 4 is 17.5 Å². The van der Waals surface area contributed by atoms with Crippen LogP contribution in [0.15, 0.2) is 55.1 Å². The Morgan fingerprint density at radius 1 is 1.19 bits per heavy atom. The number of hydrogen-bond acceptors (Lipinski definition) is 5. The molecule has 0 aliphatic rings.